The molecule has 3 nitrogen and oxygen atoms in total. The molecule has 1 aromatic carbocycles. The molecule has 1 saturated carbocycles. The third kappa shape index (κ3) is 2.16. The van der Waals surface area contributed by atoms with Crippen molar-refractivity contribution in [2.75, 3.05) is 6.61 Å². The van der Waals surface area contributed by atoms with Gasteiger partial charge in [0.2, 0.25) is 0 Å². The first kappa shape index (κ1) is 11.8. The van der Waals surface area contributed by atoms with Gasteiger partial charge >= 0.3 is 0 Å². The van der Waals surface area contributed by atoms with Crippen LogP contribution in [0.3, 0.4) is 0 Å². The molecule has 1 fully saturated rings. The van der Waals surface area contributed by atoms with Gasteiger partial charge in [0.1, 0.15) is 11.3 Å². The molecule has 3 rings (SSSR count). The summed E-state index contributed by atoms with van der Waals surface area (Å²) >= 11 is 0. The Balaban J connectivity index is 1.72. The van der Waals surface area contributed by atoms with Crippen LogP contribution in [0.4, 0.5) is 0 Å². The van der Waals surface area contributed by atoms with Crippen LogP contribution in [0.2, 0.25) is 0 Å². The molecule has 0 bridgehead atoms. The molecule has 0 spiro atoms. The van der Waals surface area contributed by atoms with Gasteiger partial charge in [-0.1, -0.05) is 31.0 Å². The summed E-state index contributed by atoms with van der Waals surface area (Å²) in [6, 6.07) is 10.1. The molecule has 0 aliphatic heterocycles. The first-order chi connectivity index (χ1) is 8.81. The lowest BCUT2D eigenvalue weighted by Gasteiger charge is -2.27. The van der Waals surface area contributed by atoms with E-state index in [0.29, 0.717) is 6.54 Å². The number of nitrogens with one attached hydrogen (secondary N) is 1. The van der Waals surface area contributed by atoms with E-state index in [2.05, 4.69) is 17.4 Å². The normalized spacial score (nSPS) is 18.5. The predicted octanol–water partition coefficient (Wildman–Crippen LogP) is 2.83. The van der Waals surface area contributed by atoms with Crippen molar-refractivity contribution in [2.24, 2.45) is 0 Å². The number of hydrogen-bond acceptors (Lipinski definition) is 3. The minimum Gasteiger partial charge on any atom is -0.460 e. The molecule has 0 unspecified atom stereocenters. The fourth-order valence-corrected chi connectivity index (χ4v) is 2.84. The highest BCUT2D eigenvalue weighted by atomic mass is 16.3. The molecule has 1 aliphatic rings. The molecule has 0 atom stereocenters. The van der Waals surface area contributed by atoms with Crippen LogP contribution in [-0.2, 0) is 6.54 Å². The maximum atomic E-state index is 9.54. The fraction of sp³-hybridized carbons (Fsp3) is 0.467. The average molecular weight is 245 g/mol. The van der Waals surface area contributed by atoms with Crippen molar-refractivity contribution < 1.29 is 9.52 Å². The van der Waals surface area contributed by atoms with Crippen LogP contribution in [0.1, 0.15) is 31.4 Å². The second-order valence-corrected chi connectivity index (χ2v) is 5.25. The van der Waals surface area contributed by atoms with Crippen LogP contribution in [0, 0.1) is 0 Å². The van der Waals surface area contributed by atoms with E-state index < -0.39 is 0 Å². The minimum absolute atomic E-state index is 0.0844. The summed E-state index contributed by atoms with van der Waals surface area (Å²) in [6.07, 6.45) is 4.52. The fourth-order valence-electron chi connectivity index (χ4n) is 2.84. The van der Waals surface area contributed by atoms with Crippen LogP contribution in [0.15, 0.2) is 34.7 Å². The van der Waals surface area contributed by atoms with Gasteiger partial charge in [0, 0.05) is 10.9 Å². The van der Waals surface area contributed by atoms with Crippen LogP contribution in [-0.4, -0.2) is 17.3 Å². The lowest BCUT2D eigenvalue weighted by atomic mass is 9.99. The quantitative estimate of drug-likeness (QED) is 0.870. The number of rotatable bonds is 4. The van der Waals surface area contributed by atoms with Crippen molar-refractivity contribution >= 4 is 11.0 Å². The van der Waals surface area contributed by atoms with Crippen LogP contribution in [0.25, 0.3) is 11.0 Å². The second kappa shape index (κ2) is 4.75. The number of aliphatic hydroxyl groups is 1. The Hall–Kier alpha value is -1.32. The number of fused-ring (bicyclic) bond motifs is 1. The third-order valence-electron chi connectivity index (χ3n) is 3.98. The van der Waals surface area contributed by atoms with Gasteiger partial charge in [-0.15, -0.1) is 0 Å². The highest BCUT2D eigenvalue weighted by molar-refractivity contribution is 5.77. The Kier molecular flexibility index (Phi) is 3.10. The van der Waals surface area contributed by atoms with Crippen molar-refractivity contribution in [1.82, 2.24) is 5.32 Å². The number of furan rings is 1. The molecule has 1 aromatic heterocycles. The van der Waals surface area contributed by atoms with Crippen molar-refractivity contribution in [3.63, 3.8) is 0 Å². The highest BCUT2D eigenvalue weighted by Gasteiger charge is 2.32. The summed E-state index contributed by atoms with van der Waals surface area (Å²) in [5, 5.41) is 14.2. The van der Waals surface area contributed by atoms with E-state index in [0.717, 1.165) is 29.6 Å². The van der Waals surface area contributed by atoms with Gasteiger partial charge in [-0.2, -0.15) is 0 Å². The summed E-state index contributed by atoms with van der Waals surface area (Å²) < 4.78 is 5.77. The van der Waals surface area contributed by atoms with Gasteiger partial charge in [-0.25, -0.2) is 0 Å². The van der Waals surface area contributed by atoms with Crippen LogP contribution < -0.4 is 5.32 Å². The Morgan fingerprint density at radius 1 is 1.22 bits per heavy atom. The van der Waals surface area contributed by atoms with Crippen molar-refractivity contribution in [3.05, 3.63) is 36.1 Å². The molecule has 0 radical (unpaired) electrons. The van der Waals surface area contributed by atoms with E-state index in [4.69, 9.17) is 4.42 Å². The van der Waals surface area contributed by atoms with E-state index in [9.17, 15) is 5.11 Å². The summed E-state index contributed by atoms with van der Waals surface area (Å²) in [7, 11) is 0. The number of benzene rings is 1. The van der Waals surface area contributed by atoms with Gasteiger partial charge < -0.3 is 14.8 Å². The SMILES string of the molecule is OCC1(NCc2cc3ccccc3o2)CCCC1. The standard InChI is InChI=1S/C15H19NO2/c17-11-15(7-3-4-8-15)16-10-13-9-12-5-1-2-6-14(12)18-13/h1-2,5-6,9,16-17H,3-4,7-8,10-11H2. The first-order valence-electron chi connectivity index (χ1n) is 6.65. The molecular weight excluding hydrogens is 226 g/mol. The molecule has 3 heteroatoms. The van der Waals surface area contributed by atoms with Gasteiger partial charge in [0.05, 0.1) is 13.2 Å². The van der Waals surface area contributed by atoms with Gasteiger partial charge in [-0.3, -0.25) is 0 Å². The van der Waals surface area contributed by atoms with Gasteiger partial charge in [-0.05, 0) is 25.0 Å². The molecular formula is C15H19NO2. The largest absolute Gasteiger partial charge is 0.460 e. The Bertz CT molecular complexity index is 493. The smallest absolute Gasteiger partial charge is 0.134 e. The zero-order valence-corrected chi connectivity index (χ0v) is 10.5. The van der Waals surface area contributed by atoms with Gasteiger partial charge in [0.15, 0.2) is 0 Å². The third-order valence-corrected chi connectivity index (χ3v) is 3.98. The molecule has 0 amide bonds. The van der Waals surface area contributed by atoms with E-state index >= 15 is 0 Å². The lowest BCUT2D eigenvalue weighted by molar-refractivity contribution is 0.160. The Morgan fingerprint density at radius 2 is 2.00 bits per heavy atom. The van der Waals surface area contributed by atoms with Crippen LogP contribution >= 0.6 is 0 Å². The van der Waals surface area contributed by atoms with Gasteiger partial charge in [0.25, 0.3) is 0 Å². The molecule has 1 heterocycles. The maximum Gasteiger partial charge on any atom is 0.134 e. The number of aliphatic hydroxyl groups excluding tert-OH is 1. The first-order valence-corrected chi connectivity index (χ1v) is 6.65. The zero-order valence-electron chi connectivity index (χ0n) is 10.5. The second-order valence-electron chi connectivity index (χ2n) is 5.25. The topological polar surface area (TPSA) is 45.4 Å². The molecule has 96 valence electrons. The summed E-state index contributed by atoms with van der Waals surface area (Å²) in [4.78, 5) is 0. The monoisotopic (exact) mass is 245 g/mol. The summed E-state index contributed by atoms with van der Waals surface area (Å²) in [6.45, 7) is 0.905. The van der Waals surface area contributed by atoms with E-state index in [1.165, 1.54) is 12.8 Å². The minimum atomic E-state index is -0.0844. The van der Waals surface area contributed by atoms with E-state index in [-0.39, 0.29) is 12.1 Å². The van der Waals surface area contributed by atoms with Crippen molar-refractivity contribution in [1.29, 1.82) is 0 Å². The molecule has 0 saturated heterocycles. The van der Waals surface area contributed by atoms with E-state index in [1.54, 1.807) is 0 Å². The highest BCUT2D eigenvalue weighted by Crippen LogP contribution is 2.29. The zero-order chi connectivity index (χ0) is 12.4. The summed E-state index contributed by atoms with van der Waals surface area (Å²) in [5.74, 6) is 0.941. The van der Waals surface area contributed by atoms with Crippen LogP contribution in [0.5, 0.6) is 0 Å². The molecule has 2 aromatic rings. The molecule has 1 aliphatic carbocycles. The van der Waals surface area contributed by atoms with Crippen molar-refractivity contribution in [2.45, 2.75) is 37.8 Å². The molecule has 2 N–H and O–H groups in total. The van der Waals surface area contributed by atoms with Crippen molar-refractivity contribution in [3.8, 4) is 0 Å². The van der Waals surface area contributed by atoms with E-state index in [1.807, 2.05) is 18.2 Å². The number of hydrogen-bond donors (Lipinski definition) is 2. The Labute approximate surface area is 107 Å². The predicted molar refractivity (Wildman–Crippen MR) is 71.3 cm³/mol. The average Bonchev–Trinajstić information content (AvgIpc) is 3.03. The summed E-state index contributed by atoms with van der Waals surface area (Å²) in [5.41, 5.74) is 0.845. The Morgan fingerprint density at radius 3 is 2.72 bits per heavy atom. The number of para-hydroxylation sites is 1. The maximum absolute atomic E-state index is 9.54. The molecule has 18 heavy (non-hydrogen) atoms. The lowest BCUT2D eigenvalue weighted by Crippen LogP contribution is -2.45.